The van der Waals surface area contributed by atoms with Crippen LogP contribution in [0.4, 0.5) is 10.6 Å². The van der Waals surface area contributed by atoms with Crippen LogP contribution in [0, 0.1) is 0 Å². The number of nitrogens with one attached hydrogen (secondary N) is 2. The molecule has 2 aromatic heterocycles. The van der Waals surface area contributed by atoms with Gasteiger partial charge in [-0.3, -0.25) is 5.32 Å². The molecule has 0 spiro atoms. The van der Waals surface area contributed by atoms with Crippen LogP contribution in [-0.4, -0.2) is 27.7 Å². The van der Waals surface area contributed by atoms with Crippen LogP contribution in [-0.2, 0) is 5.88 Å². The molecule has 16 heavy (non-hydrogen) atoms. The lowest BCUT2D eigenvalue weighted by Crippen LogP contribution is -2.24. The Morgan fingerprint density at radius 3 is 3.06 bits per heavy atom. The van der Waals surface area contributed by atoms with E-state index in [-0.39, 0.29) is 6.03 Å². The fourth-order valence-corrected chi connectivity index (χ4v) is 1.37. The number of aromatic nitrogens is 3. The standard InChI is InChI=1S/C9H10ClN5O/c1-11-9(16)13-7-5-15-8(12-7)3-2-6(4-10)14-15/h2-3,5H,4H2,1H3,(H2,11,13,16). The number of hydrogen-bond donors (Lipinski definition) is 2. The SMILES string of the molecule is CNC(=O)Nc1cn2nc(CCl)ccc2n1. The summed E-state index contributed by atoms with van der Waals surface area (Å²) in [5, 5.41) is 9.20. The minimum atomic E-state index is -0.319. The van der Waals surface area contributed by atoms with E-state index in [0.29, 0.717) is 17.3 Å². The maximum atomic E-state index is 11.1. The van der Waals surface area contributed by atoms with Crippen molar-refractivity contribution in [3.8, 4) is 0 Å². The van der Waals surface area contributed by atoms with Crippen molar-refractivity contribution >= 4 is 29.1 Å². The van der Waals surface area contributed by atoms with E-state index in [1.165, 1.54) is 7.05 Å². The number of anilines is 1. The Balaban J connectivity index is 2.32. The third-order valence-electron chi connectivity index (χ3n) is 1.98. The Morgan fingerprint density at radius 1 is 1.56 bits per heavy atom. The highest BCUT2D eigenvalue weighted by Crippen LogP contribution is 2.09. The molecule has 0 aromatic carbocycles. The van der Waals surface area contributed by atoms with Crippen LogP contribution < -0.4 is 10.6 Å². The van der Waals surface area contributed by atoms with Crippen LogP contribution in [0.25, 0.3) is 5.65 Å². The Morgan fingerprint density at radius 2 is 2.38 bits per heavy atom. The fourth-order valence-electron chi connectivity index (χ4n) is 1.23. The number of imidazole rings is 1. The van der Waals surface area contributed by atoms with E-state index in [9.17, 15) is 4.79 Å². The molecule has 0 saturated carbocycles. The second kappa shape index (κ2) is 4.36. The minimum absolute atomic E-state index is 0.319. The van der Waals surface area contributed by atoms with E-state index in [0.717, 1.165) is 5.69 Å². The summed E-state index contributed by atoms with van der Waals surface area (Å²) in [4.78, 5) is 15.2. The molecule has 2 N–H and O–H groups in total. The van der Waals surface area contributed by atoms with Gasteiger partial charge in [0, 0.05) is 7.05 Å². The van der Waals surface area contributed by atoms with Crippen molar-refractivity contribution < 1.29 is 4.79 Å². The van der Waals surface area contributed by atoms with E-state index in [4.69, 9.17) is 11.6 Å². The second-order valence-electron chi connectivity index (χ2n) is 3.09. The van der Waals surface area contributed by atoms with Crippen molar-refractivity contribution in [2.45, 2.75) is 5.88 Å². The first-order valence-corrected chi connectivity index (χ1v) is 5.16. The number of alkyl halides is 1. The van der Waals surface area contributed by atoms with Crippen molar-refractivity contribution in [1.29, 1.82) is 0 Å². The van der Waals surface area contributed by atoms with Crippen LogP contribution in [0.3, 0.4) is 0 Å². The molecule has 2 heterocycles. The second-order valence-corrected chi connectivity index (χ2v) is 3.36. The molecule has 0 unspecified atom stereocenters. The quantitative estimate of drug-likeness (QED) is 0.774. The van der Waals surface area contributed by atoms with Gasteiger partial charge in [0.25, 0.3) is 0 Å². The topological polar surface area (TPSA) is 71.3 Å². The van der Waals surface area contributed by atoms with Crippen molar-refractivity contribution in [2.24, 2.45) is 0 Å². The number of carbonyl (C=O) groups excluding carboxylic acids is 1. The molecule has 0 aliphatic heterocycles. The van der Waals surface area contributed by atoms with Gasteiger partial charge in [-0.2, -0.15) is 5.10 Å². The summed E-state index contributed by atoms with van der Waals surface area (Å²) >= 11 is 5.66. The first-order chi connectivity index (χ1) is 7.72. The van der Waals surface area contributed by atoms with Gasteiger partial charge in [0.2, 0.25) is 0 Å². The first kappa shape index (κ1) is 10.7. The maximum Gasteiger partial charge on any atom is 0.320 e. The molecule has 0 radical (unpaired) electrons. The number of urea groups is 1. The third-order valence-corrected chi connectivity index (χ3v) is 2.25. The average molecular weight is 240 g/mol. The predicted octanol–water partition coefficient (Wildman–Crippen LogP) is 1.22. The molecule has 0 aliphatic carbocycles. The summed E-state index contributed by atoms with van der Waals surface area (Å²) in [7, 11) is 1.54. The van der Waals surface area contributed by atoms with E-state index in [1.807, 2.05) is 0 Å². The number of fused-ring (bicyclic) bond motifs is 1. The van der Waals surface area contributed by atoms with Crippen LogP contribution >= 0.6 is 11.6 Å². The number of halogens is 1. The maximum absolute atomic E-state index is 11.1. The summed E-state index contributed by atoms with van der Waals surface area (Å²) < 4.78 is 1.57. The van der Waals surface area contributed by atoms with Crippen LogP contribution in [0.2, 0.25) is 0 Å². The van der Waals surface area contributed by atoms with Crippen LogP contribution in [0.5, 0.6) is 0 Å². The molecule has 2 amide bonds. The summed E-state index contributed by atoms with van der Waals surface area (Å²) in [5.74, 6) is 0.783. The lowest BCUT2D eigenvalue weighted by atomic mass is 10.4. The molecule has 2 aromatic rings. The normalized spacial score (nSPS) is 10.4. The van der Waals surface area contributed by atoms with Gasteiger partial charge in [0.15, 0.2) is 11.5 Å². The predicted molar refractivity (Wildman–Crippen MR) is 60.6 cm³/mol. The van der Waals surface area contributed by atoms with Crippen LogP contribution in [0.15, 0.2) is 18.3 Å². The molecular formula is C9H10ClN5O. The van der Waals surface area contributed by atoms with Crippen molar-refractivity contribution in [3.63, 3.8) is 0 Å². The van der Waals surface area contributed by atoms with E-state index < -0.39 is 0 Å². The number of rotatable bonds is 2. The zero-order valence-electron chi connectivity index (χ0n) is 8.57. The number of nitrogens with zero attached hydrogens (tertiary/aromatic N) is 3. The zero-order chi connectivity index (χ0) is 11.5. The van der Waals surface area contributed by atoms with Gasteiger partial charge in [-0.15, -0.1) is 11.6 Å². The Labute approximate surface area is 96.6 Å². The Kier molecular flexibility index (Phi) is 2.91. The molecule has 7 heteroatoms. The number of hydrogen-bond acceptors (Lipinski definition) is 3. The molecule has 0 aliphatic rings. The number of carbonyl (C=O) groups is 1. The monoisotopic (exact) mass is 239 g/mol. The largest absolute Gasteiger partial charge is 0.341 e. The number of amides is 2. The minimum Gasteiger partial charge on any atom is -0.341 e. The summed E-state index contributed by atoms with van der Waals surface area (Å²) in [6.45, 7) is 0. The highest BCUT2D eigenvalue weighted by molar-refractivity contribution is 6.16. The first-order valence-electron chi connectivity index (χ1n) is 4.63. The van der Waals surface area contributed by atoms with Gasteiger partial charge in [0.05, 0.1) is 17.8 Å². The van der Waals surface area contributed by atoms with Gasteiger partial charge in [-0.25, -0.2) is 14.3 Å². The summed E-state index contributed by atoms with van der Waals surface area (Å²) in [5.41, 5.74) is 1.40. The molecular weight excluding hydrogens is 230 g/mol. The highest BCUT2D eigenvalue weighted by atomic mass is 35.5. The Hall–Kier alpha value is -1.82. The van der Waals surface area contributed by atoms with Gasteiger partial charge >= 0.3 is 6.03 Å². The molecule has 84 valence electrons. The van der Waals surface area contributed by atoms with Crippen molar-refractivity contribution in [1.82, 2.24) is 19.9 Å². The van der Waals surface area contributed by atoms with Gasteiger partial charge < -0.3 is 5.32 Å². The smallest absolute Gasteiger partial charge is 0.320 e. The highest BCUT2D eigenvalue weighted by Gasteiger charge is 2.05. The molecule has 0 bridgehead atoms. The van der Waals surface area contributed by atoms with Gasteiger partial charge in [-0.1, -0.05) is 0 Å². The van der Waals surface area contributed by atoms with E-state index in [2.05, 4.69) is 20.7 Å². The molecule has 0 saturated heterocycles. The van der Waals surface area contributed by atoms with E-state index >= 15 is 0 Å². The fraction of sp³-hybridized carbons (Fsp3) is 0.222. The third kappa shape index (κ3) is 2.06. The summed E-state index contributed by atoms with van der Waals surface area (Å²) in [6.07, 6.45) is 1.63. The molecule has 0 atom stereocenters. The van der Waals surface area contributed by atoms with Crippen molar-refractivity contribution in [3.05, 3.63) is 24.0 Å². The summed E-state index contributed by atoms with van der Waals surface area (Å²) in [6, 6.07) is 3.26. The Bertz CT molecular complexity index is 524. The van der Waals surface area contributed by atoms with Gasteiger partial charge in [0.1, 0.15) is 0 Å². The molecule has 0 fully saturated rings. The molecule has 6 nitrogen and oxygen atoms in total. The van der Waals surface area contributed by atoms with Gasteiger partial charge in [-0.05, 0) is 12.1 Å². The lowest BCUT2D eigenvalue weighted by molar-refractivity contribution is 0.254. The van der Waals surface area contributed by atoms with Crippen molar-refractivity contribution in [2.75, 3.05) is 12.4 Å². The van der Waals surface area contributed by atoms with Crippen LogP contribution in [0.1, 0.15) is 5.69 Å². The van der Waals surface area contributed by atoms with E-state index in [1.54, 1.807) is 22.8 Å². The lowest BCUT2D eigenvalue weighted by Gasteiger charge is -1.97. The molecule has 2 rings (SSSR count). The average Bonchev–Trinajstić information content (AvgIpc) is 2.69. The zero-order valence-corrected chi connectivity index (χ0v) is 9.32.